The first-order chi connectivity index (χ1) is 10.4. The highest BCUT2D eigenvalue weighted by Gasteiger charge is 2.41. The summed E-state index contributed by atoms with van der Waals surface area (Å²) in [4.78, 5) is 24.3. The van der Waals surface area contributed by atoms with Gasteiger partial charge < -0.3 is 9.67 Å². The molecule has 0 spiro atoms. The van der Waals surface area contributed by atoms with Gasteiger partial charge in [0.15, 0.2) is 5.78 Å². The summed E-state index contributed by atoms with van der Waals surface area (Å²) in [7, 11) is 0. The fourth-order valence-electron chi connectivity index (χ4n) is 3.02. The molecule has 0 saturated heterocycles. The van der Waals surface area contributed by atoms with Crippen LogP contribution in [0.2, 0.25) is 0 Å². The van der Waals surface area contributed by atoms with Crippen LogP contribution in [0.25, 0.3) is 11.3 Å². The maximum absolute atomic E-state index is 12.5. The summed E-state index contributed by atoms with van der Waals surface area (Å²) in [5, 5.41) is 10.5. The van der Waals surface area contributed by atoms with Gasteiger partial charge in [-0.15, -0.1) is 0 Å². The van der Waals surface area contributed by atoms with Crippen LogP contribution in [-0.2, 0) is 10.3 Å². The topological polar surface area (TPSA) is 59.3 Å². The Bertz CT molecular complexity index is 810. The molecule has 2 heterocycles. The minimum atomic E-state index is -0.862. The number of aromatic nitrogens is 1. The molecule has 0 fully saturated rings. The lowest BCUT2D eigenvalue weighted by molar-refractivity contribution is -0.113. The quantitative estimate of drug-likeness (QED) is 0.863. The Hall–Kier alpha value is -2.62. The second-order valence-corrected chi connectivity index (χ2v) is 5.97. The molecular weight excluding hydrogens is 278 g/mol. The number of allylic oxidation sites excluding steroid dienone is 2. The third-order valence-corrected chi connectivity index (χ3v) is 4.14. The second kappa shape index (κ2) is 4.70. The van der Waals surface area contributed by atoms with Crippen molar-refractivity contribution in [1.82, 2.24) is 4.57 Å². The summed E-state index contributed by atoms with van der Waals surface area (Å²) in [6, 6.07) is 13.2. The summed E-state index contributed by atoms with van der Waals surface area (Å²) in [5.74, 6) is -1.01. The molecule has 22 heavy (non-hydrogen) atoms. The number of carbonyl (C=O) groups excluding carboxylic acids is 2. The summed E-state index contributed by atoms with van der Waals surface area (Å²) < 4.78 is 1.80. The van der Waals surface area contributed by atoms with E-state index in [1.807, 2.05) is 36.4 Å². The predicted octanol–water partition coefficient (Wildman–Crippen LogP) is 3.49. The zero-order valence-electron chi connectivity index (χ0n) is 12.8. The molecule has 1 N–H and O–H groups in total. The predicted molar refractivity (Wildman–Crippen MR) is 83.9 cm³/mol. The number of aliphatic hydroxyl groups is 1. The van der Waals surface area contributed by atoms with Gasteiger partial charge in [0.1, 0.15) is 11.3 Å². The van der Waals surface area contributed by atoms with E-state index in [1.165, 1.54) is 6.92 Å². The van der Waals surface area contributed by atoms with Crippen LogP contribution in [0.15, 0.2) is 53.8 Å². The third-order valence-electron chi connectivity index (χ3n) is 4.14. The minimum absolute atomic E-state index is 0.116. The van der Waals surface area contributed by atoms with Crippen LogP contribution in [0.4, 0.5) is 0 Å². The van der Waals surface area contributed by atoms with Gasteiger partial charge in [-0.1, -0.05) is 30.3 Å². The molecule has 3 rings (SSSR count). The zero-order valence-corrected chi connectivity index (χ0v) is 12.8. The molecule has 1 aliphatic heterocycles. The van der Waals surface area contributed by atoms with Crippen LogP contribution in [0.5, 0.6) is 0 Å². The van der Waals surface area contributed by atoms with E-state index in [1.54, 1.807) is 24.5 Å². The first-order valence-corrected chi connectivity index (χ1v) is 7.12. The fraction of sp³-hybridized carbons (Fsp3) is 0.222. The Kier molecular flexibility index (Phi) is 3.06. The van der Waals surface area contributed by atoms with E-state index < -0.39 is 17.1 Å². The van der Waals surface area contributed by atoms with Gasteiger partial charge in [0, 0.05) is 5.69 Å². The SMILES string of the molecule is CC(=O)C1=C(O)C(C)(C)n2c(ccc2-c2ccccc2)C1=O. The molecule has 0 radical (unpaired) electrons. The summed E-state index contributed by atoms with van der Waals surface area (Å²) in [6.45, 7) is 4.90. The van der Waals surface area contributed by atoms with Crippen molar-refractivity contribution in [2.45, 2.75) is 26.3 Å². The molecular formula is C18H17NO3. The molecule has 0 bridgehead atoms. The Morgan fingerprint density at radius 3 is 2.23 bits per heavy atom. The maximum atomic E-state index is 12.5. The molecule has 4 nitrogen and oxygen atoms in total. The van der Waals surface area contributed by atoms with E-state index in [0.717, 1.165) is 11.3 Å². The molecule has 112 valence electrons. The van der Waals surface area contributed by atoms with Gasteiger partial charge in [0.25, 0.3) is 0 Å². The van der Waals surface area contributed by atoms with Gasteiger partial charge >= 0.3 is 0 Å². The average Bonchev–Trinajstić information content (AvgIpc) is 2.92. The van der Waals surface area contributed by atoms with E-state index in [9.17, 15) is 14.7 Å². The Balaban J connectivity index is 2.29. The van der Waals surface area contributed by atoms with Gasteiger partial charge in [-0.05, 0) is 38.5 Å². The highest BCUT2D eigenvalue weighted by Crippen LogP contribution is 2.39. The smallest absolute Gasteiger partial charge is 0.216 e. The Morgan fingerprint density at radius 1 is 1.05 bits per heavy atom. The molecule has 4 heteroatoms. The number of rotatable bonds is 2. The standard InChI is InChI=1S/C18H17NO3/c1-11(20)15-16(21)14-10-9-13(12-7-5-4-6-8-12)19(14)18(2,3)17(15)22/h4-10,22H,1-3H3. The van der Waals surface area contributed by atoms with Crippen LogP contribution in [-0.4, -0.2) is 21.2 Å². The second-order valence-electron chi connectivity index (χ2n) is 5.97. The zero-order chi connectivity index (χ0) is 16.1. The van der Waals surface area contributed by atoms with Gasteiger partial charge in [-0.25, -0.2) is 0 Å². The summed E-state index contributed by atoms with van der Waals surface area (Å²) in [6.07, 6.45) is 0. The number of nitrogens with zero attached hydrogens (tertiary/aromatic N) is 1. The number of aliphatic hydroxyl groups excluding tert-OH is 1. The van der Waals surface area contributed by atoms with Crippen LogP contribution in [0.1, 0.15) is 31.3 Å². The van der Waals surface area contributed by atoms with E-state index in [4.69, 9.17) is 0 Å². The Morgan fingerprint density at radius 2 is 1.64 bits per heavy atom. The van der Waals surface area contributed by atoms with Crippen molar-refractivity contribution >= 4 is 11.6 Å². The number of Topliss-reactive ketones (excluding diaryl/α,β-unsaturated/α-hetero) is 2. The molecule has 0 unspecified atom stereocenters. The largest absolute Gasteiger partial charge is 0.509 e. The first kappa shape index (κ1) is 14.3. The molecule has 0 amide bonds. The fourth-order valence-corrected chi connectivity index (χ4v) is 3.02. The lowest BCUT2D eigenvalue weighted by Gasteiger charge is -2.35. The molecule has 0 atom stereocenters. The molecule has 0 saturated carbocycles. The van der Waals surface area contributed by atoms with Crippen molar-refractivity contribution in [1.29, 1.82) is 0 Å². The minimum Gasteiger partial charge on any atom is -0.509 e. The van der Waals surface area contributed by atoms with Gasteiger partial charge in [-0.3, -0.25) is 9.59 Å². The van der Waals surface area contributed by atoms with E-state index in [2.05, 4.69) is 0 Å². The molecule has 1 aromatic heterocycles. The molecule has 0 aliphatic carbocycles. The molecule has 2 aromatic rings. The number of carbonyl (C=O) groups is 2. The van der Waals surface area contributed by atoms with Crippen molar-refractivity contribution in [3.05, 3.63) is 59.5 Å². The summed E-state index contributed by atoms with van der Waals surface area (Å²) in [5.41, 5.74) is 1.23. The van der Waals surface area contributed by atoms with E-state index in [-0.39, 0.29) is 11.3 Å². The van der Waals surface area contributed by atoms with Crippen molar-refractivity contribution in [3.8, 4) is 11.3 Å². The number of benzene rings is 1. The third kappa shape index (κ3) is 1.84. The number of hydrogen-bond donors (Lipinski definition) is 1. The van der Waals surface area contributed by atoms with Crippen molar-refractivity contribution in [2.75, 3.05) is 0 Å². The van der Waals surface area contributed by atoms with Gasteiger partial charge in [0.2, 0.25) is 5.78 Å². The van der Waals surface area contributed by atoms with Crippen LogP contribution < -0.4 is 0 Å². The van der Waals surface area contributed by atoms with Gasteiger partial charge in [-0.2, -0.15) is 0 Å². The van der Waals surface area contributed by atoms with E-state index >= 15 is 0 Å². The monoisotopic (exact) mass is 295 g/mol. The average molecular weight is 295 g/mol. The van der Waals surface area contributed by atoms with Crippen LogP contribution in [0, 0.1) is 0 Å². The number of hydrogen-bond acceptors (Lipinski definition) is 3. The Labute approximate surface area is 128 Å². The van der Waals surface area contributed by atoms with E-state index in [0.29, 0.717) is 5.69 Å². The highest BCUT2D eigenvalue weighted by atomic mass is 16.3. The number of fused-ring (bicyclic) bond motifs is 1. The normalized spacial score (nSPS) is 16.6. The summed E-state index contributed by atoms with van der Waals surface area (Å²) >= 11 is 0. The van der Waals surface area contributed by atoms with Crippen molar-refractivity contribution in [2.24, 2.45) is 0 Å². The maximum Gasteiger partial charge on any atom is 0.216 e. The van der Waals surface area contributed by atoms with Crippen molar-refractivity contribution in [3.63, 3.8) is 0 Å². The van der Waals surface area contributed by atoms with Crippen molar-refractivity contribution < 1.29 is 14.7 Å². The van der Waals surface area contributed by atoms with Crippen LogP contribution in [0.3, 0.4) is 0 Å². The lowest BCUT2D eigenvalue weighted by Crippen LogP contribution is -2.39. The lowest BCUT2D eigenvalue weighted by atomic mass is 9.88. The first-order valence-electron chi connectivity index (χ1n) is 7.12. The van der Waals surface area contributed by atoms with Gasteiger partial charge in [0.05, 0.1) is 11.2 Å². The molecule has 1 aliphatic rings. The van der Waals surface area contributed by atoms with Crippen LogP contribution >= 0.6 is 0 Å². The highest BCUT2D eigenvalue weighted by molar-refractivity contribution is 6.26. The number of ketones is 2. The molecule has 1 aromatic carbocycles.